The van der Waals surface area contributed by atoms with Crippen molar-refractivity contribution in [3.63, 3.8) is 0 Å². The molecule has 0 amide bonds. The van der Waals surface area contributed by atoms with Crippen molar-refractivity contribution in [1.29, 1.82) is 0 Å². The van der Waals surface area contributed by atoms with Gasteiger partial charge in [0.1, 0.15) is 5.82 Å². The lowest BCUT2D eigenvalue weighted by atomic mass is 9.75. The van der Waals surface area contributed by atoms with E-state index in [1.807, 2.05) is 6.07 Å². The Morgan fingerprint density at radius 1 is 1.20 bits per heavy atom. The van der Waals surface area contributed by atoms with Crippen LogP contribution in [0.15, 0.2) is 18.2 Å². The van der Waals surface area contributed by atoms with E-state index in [2.05, 4.69) is 4.90 Å². The smallest absolute Gasteiger partial charge is 0.146 e. The van der Waals surface area contributed by atoms with Crippen molar-refractivity contribution in [3.8, 4) is 0 Å². The molecule has 2 fully saturated rings. The van der Waals surface area contributed by atoms with Crippen LogP contribution in [0, 0.1) is 17.7 Å². The number of aliphatic hydroxyl groups is 1. The standard InChI is InChI=1S/C17H24FNO/c1-12(20)15-7-4-8-16(18)17(15)19-10-9-13-5-2-3-6-14(13)11-19/h4,7-8,12-14,20H,2-3,5-6,9-11H2,1H3/t12-,13?,14?/m0/s1. The van der Waals surface area contributed by atoms with Crippen LogP contribution in [-0.4, -0.2) is 18.2 Å². The molecule has 3 atom stereocenters. The molecular formula is C17H24FNO. The van der Waals surface area contributed by atoms with Gasteiger partial charge in [0.25, 0.3) is 0 Å². The number of hydrogen-bond donors (Lipinski definition) is 1. The van der Waals surface area contributed by atoms with Crippen LogP contribution in [0.2, 0.25) is 0 Å². The molecule has 0 spiro atoms. The highest BCUT2D eigenvalue weighted by Crippen LogP contribution is 2.39. The summed E-state index contributed by atoms with van der Waals surface area (Å²) in [6, 6.07) is 5.04. The van der Waals surface area contributed by atoms with Gasteiger partial charge in [0.15, 0.2) is 0 Å². The molecule has 110 valence electrons. The Morgan fingerprint density at radius 2 is 1.95 bits per heavy atom. The lowest BCUT2D eigenvalue weighted by molar-refractivity contribution is 0.192. The van der Waals surface area contributed by atoms with E-state index in [4.69, 9.17) is 0 Å². The minimum atomic E-state index is -0.621. The normalized spacial score (nSPS) is 28.1. The minimum Gasteiger partial charge on any atom is -0.389 e. The Labute approximate surface area is 120 Å². The van der Waals surface area contributed by atoms with Crippen LogP contribution in [0.3, 0.4) is 0 Å². The molecule has 0 radical (unpaired) electrons. The molecular weight excluding hydrogens is 253 g/mol. The quantitative estimate of drug-likeness (QED) is 0.886. The Bertz CT molecular complexity index is 474. The fourth-order valence-corrected chi connectivity index (χ4v) is 4.01. The number of fused-ring (bicyclic) bond motifs is 1. The topological polar surface area (TPSA) is 23.5 Å². The number of para-hydroxylation sites is 1. The molecule has 2 unspecified atom stereocenters. The monoisotopic (exact) mass is 277 g/mol. The largest absolute Gasteiger partial charge is 0.389 e. The van der Waals surface area contributed by atoms with Gasteiger partial charge in [0, 0.05) is 18.7 Å². The van der Waals surface area contributed by atoms with E-state index in [0.29, 0.717) is 11.6 Å². The third-order valence-electron chi connectivity index (χ3n) is 5.08. The molecule has 1 aliphatic carbocycles. The number of piperidine rings is 1. The first kappa shape index (κ1) is 13.9. The summed E-state index contributed by atoms with van der Waals surface area (Å²) in [6.45, 7) is 3.58. The van der Waals surface area contributed by atoms with E-state index < -0.39 is 6.10 Å². The molecule has 2 aliphatic rings. The molecule has 3 rings (SSSR count). The van der Waals surface area contributed by atoms with Gasteiger partial charge in [-0.3, -0.25) is 0 Å². The van der Waals surface area contributed by atoms with E-state index >= 15 is 0 Å². The second kappa shape index (κ2) is 5.72. The summed E-state index contributed by atoms with van der Waals surface area (Å²) in [5.41, 5.74) is 1.35. The maximum absolute atomic E-state index is 14.3. The van der Waals surface area contributed by atoms with Crippen LogP contribution < -0.4 is 4.90 Å². The average molecular weight is 277 g/mol. The Balaban J connectivity index is 1.86. The molecule has 1 aliphatic heterocycles. The SMILES string of the molecule is C[C@H](O)c1cccc(F)c1N1CCC2CCCCC2C1. The van der Waals surface area contributed by atoms with Crippen molar-refractivity contribution in [2.75, 3.05) is 18.0 Å². The molecule has 1 saturated carbocycles. The maximum Gasteiger partial charge on any atom is 0.146 e. The van der Waals surface area contributed by atoms with Crippen LogP contribution >= 0.6 is 0 Å². The van der Waals surface area contributed by atoms with Gasteiger partial charge in [-0.25, -0.2) is 4.39 Å². The van der Waals surface area contributed by atoms with Crippen molar-refractivity contribution >= 4 is 5.69 Å². The Hall–Kier alpha value is -1.09. The summed E-state index contributed by atoms with van der Waals surface area (Å²) < 4.78 is 14.3. The van der Waals surface area contributed by atoms with Crippen molar-refractivity contribution in [2.45, 2.75) is 45.1 Å². The molecule has 1 N–H and O–H groups in total. The number of aliphatic hydroxyl groups excluding tert-OH is 1. The first-order valence-electron chi connectivity index (χ1n) is 7.88. The van der Waals surface area contributed by atoms with E-state index in [9.17, 15) is 9.50 Å². The zero-order valence-corrected chi connectivity index (χ0v) is 12.2. The van der Waals surface area contributed by atoms with E-state index in [-0.39, 0.29) is 5.82 Å². The van der Waals surface area contributed by atoms with Gasteiger partial charge in [0.2, 0.25) is 0 Å². The second-order valence-electron chi connectivity index (χ2n) is 6.39. The summed E-state index contributed by atoms with van der Waals surface area (Å²) in [4.78, 5) is 2.17. The zero-order chi connectivity index (χ0) is 14.1. The van der Waals surface area contributed by atoms with Gasteiger partial charge in [-0.05, 0) is 37.7 Å². The summed E-state index contributed by atoms with van der Waals surface area (Å²) in [7, 11) is 0. The predicted octanol–water partition coefficient (Wildman–Crippen LogP) is 3.90. The molecule has 2 nitrogen and oxygen atoms in total. The van der Waals surface area contributed by atoms with Crippen molar-refractivity contribution in [1.82, 2.24) is 0 Å². The van der Waals surface area contributed by atoms with Crippen LogP contribution in [0.5, 0.6) is 0 Å². The third-order valence-corrected chi connectivity index (χ3v) is 5.08. The fraction of sp³-hybridized carbons (Fsp3) is 0.647. The van der Waals surface area contributed by atoms with Gasteiger partial charge < -0.3 is 10.0 Å². The Morgan fingerprint density at radius 3 is 2.70 bits per heavy atom. The Kier molecular flexibility index (Phi) is 3.97. The van der Waals surface area contributed by atoms with E-state index in [0.717, 1.165) is 31.0 Å². The van der Waals surface area contributed by atoms with Crippen molar-refractivity contribution in [3.05, 3.63) is 29.6 Å². The van der Waals surface area contributed by atoms with Gasteiger partial charge in [-0.2, -0.15) is 0 Å². The zero-order valence-electron chi connectivity index (χ0n) is 12.2. The van der Waals surface area contributed by atoms with Gasteiger partial charge in [-0.1, -0.05) is 31.4 Å². The maximum atomic E-state index is 14.3. The van der Waals surface area contributed by atoms with Crippen LogP contribution in [0.25, 0.3) is 0 Å². The number of hydrogen-bond acceptors (Lipinski definition) is 2. The highest BCUT2D eigenvalue weighted by molar-refractivity contribution is 5.56. The number of nitrogens with zero attached hydrogens (tertiary/aromatic N) is 1. The van der Waals surface area contributed by atoms with Crippen LogP contribution in [0.1, 0.15) is 50.7 Å². The average Bonchev–Trinajstić information content (AvgIpc) is 2.46. The predicted molar refractivity (Wildman–Crippen MR) is 79.3 cm³/mol. The molecule has 3 heteroatoms. The van der Waals surface area contributed by atoms with Gasteiger partial charge in [0.05, 0.1) is 11.8 Å². The molecule has 1 saturated heterocycles. The lowest BCUT2D eigenvalue weighted by Crippen LogP contribution is -2.42. The molecule has 0 bridgehead atoms. The van der Waals surface area contributed by atoms with Gasteiger partial charge in [-0.15, -0.1) is 0 Å². The number of halogens is 1. The minimum absolute atomic E-state index is 0.197. The molecule has 20 heavy (non-hydrogen) atoms. The third kappa shape index (κ3) is 2.56. The highest BCUT2D eigenvalue weighted by Gasteiger charge is 2.32. The molecule has 1 aromatic rings. The first-order valence-corrected chi connectivity index (χ1v) is 7.88. The second-order valence-corrected chi connectivity index (χ2v) is 6.39. The summed E-state index contributed by atoms with van der Waals surface area (Å²) in [5, 5.41) is 9.90. The molecule has 1 heterocycles. The molecule has 0 aromatic heterocycles. The van der Waals surface area contributed by atoms with Crippen LogP contribution in [-0.2, 0) is 0 Å². The fourth-order valence-electron chi connectivity index (χ4n) is 4.01. The summed E-state index contributed by atoms with van der Waals surface area (Å²) >= 11 is 0. The number of benzene rings is 1. The van der Waals surface area contributed by atoms with Crippen molar-refractivity contribution < 1.29 is 9.50 Å². The van der Waals surface area contributed by atoms with Crippen LogP contribution in [0.4, 0.5) is 10.1 Å². The first-order chi connectivity index (χ1) is 9.66. The highest BCUT2D eigenvalue weighted by atomic mass is 19.1. The number of rotatable bonds is 2. The number of anilines is 1. The van der Waals surface area contributed by atoms with Gasteiger partial charge >= 0.3 is 0 Å². The van der Waals surface area contributed by atoms with E-state index in [1.165, 1.54) is 31.7 Å². The summed E-state index contributed by atoms with van der Waals surface area (Å²) in [6.07, 6.45) is 5.84. The molecule has 1 aromatic carbocycles. The van der Waals surface area contributed by atoms with E-state index in [1.54, 1.807) is 13.0 Å². The van der Waals surface area contributed by atoms with Crippen molar-refractivity contribution in [2.24, 2.45) is 11.8 Å². The lowest BCUT2D eigenvalue weighted by Gasteiger charge is -2.43. The summed E-state index contributed by atoms with van der Waals surface area (Å²) in [5.74, 6) is 1.35.